The van der Waals surface area contributed by atoms with Gasteiger partial charge >= 0.3 is 5.97 Å². The van der Waals surface area contributed by atoms with Gasteiger partial charge in [-0.25, -0.2) is 9.78 Å². The minimum Gasteiger partial charge on any atom is -0.477 e. The van der Waals surface area contributed by atoms with E-state index in [1.165, 1.54) is 18.3 Å². The Hall–Kier alpha value is -3.22. The summed E-state index contributed by atoms with van der Waals surface area (Å²) in [5.74, 6) is -1.48. The number of carboxylic acids is 1. The predicted octanol–water partition coefficient (Wildman–Crippen LogP) is 2.72. The molecule has 0 unspecified atom stereocenters. The minimum atomic E-state index is -1.19. The molecule has 0 saturated heterocycles. The van der Waals surface area contributed by atoms with Crippen molar-refractivity contribution in [3.05, 3.63) is 53.3 Å². The van der Waals surface area contributed by atoms with E-state index in [1.54, 1.807) is 11.0 Å². The lowest BCUT2D eigenvalue weighted by Gasteiger charge is -2.29. The normalized spacial score (nSPS) is 13.3. The Balaban J connectivity index is 1.81. The van der Waals surface area contributed by atoms with Crippen LogP contribution in [0.3, 0.4) is 0 Å². The third-order valence-electron chi connectivity index (χ3n) is 4.23. The second-order valence-corrected chi connectivity index (χ2v) is 6.08. The van der Waals surface area contributed by atoms with Crippen LogP contribution in [0.15, 0.2) is 36.5 Å². The van der Waals surface area contributed by atoms with Crippen molar-refractivity contribution in [3.8, 4) is 0 Å². The van der Waals surface area contributed by atoms with Crippen LogP contribution in [0.5, 0.6) is 0 Å². The number of carboxylic acid groups (broad SMARTS) is 1. The number of nitrogens with zero attached hydrogens (tertiary/aromatic N) is 2. The van der Waals surface area contributed by atoms with Gasteiger partial charge in [0.15, 0.2) is 0 Å². The van der Waals surface area contributed by atoms with Gasteiger partial charge in [-0.05, 0) is 48.7 Å². The minimum absolute atomic E-state index is 0.120. The fourth-order valence-electron chi connectivity index (χ4n) is 3.00. The lowest BCUT2D eigenvalue weighted by Crippen LogP contribution is -2.35. The molecule has 2 heterocycles. The molecule has 7 nitrogen and oxygen atoms in total. The molecule has 2 aromatic rings. The number of rotatable bonds is 5. The van der Waals surface area contributed by atoms with Gasteiger partial charge in [-0.15, -0.1) is 0 Å². The Labute approximate surface area is 150 Å². The first-order chi connectivity index (χ1) is 12.5. The topological polar surface area (TPSA) is 99.6 Å². The van der Waals surface area contributed by atoms with Crippen LogP contribution in [0.25, 0.3) is 0 Å². The first-order valence-corrected chi connectivity index (χ1v) is 8.43. The predicted molar refractivity (Wildman–Crippen MR) is 96.6 cm³/mol. The maximum absolute atomic E-state index is 12.4. The number of amides is 2. The summed E-state index contributed by atoms with van der Waals surface area (Å²) in [6.07, 6.45) is 3.25. The molecule has 2 N–H and O–H groups in total. The molecular weight excluding hydrogens is 334 g/mol. The van der Waals surface area contributed by atoms with Crippen LogP contribution in [-0.4, -0.2) is 34.4 Å². The van der Waals surface area contributed by atoms with Gasteiger partial charge in [-0.1, -0.05) is 6.92 Å². The van der Waals surface area contributed by atoms with Crippen molar-refractivity contribution in [2.75, 3.05) is 16.8 Å². The zero-order valence-electron chi connectivity index (χ0n) is 14.4. The van der Waals surface area contributed by atoms with Crippen LogP contribution in [0.1, 0.15) is 46.2 Å². The second kappa shape index (κ2) is 7.35. The van der Waals surface area contributed by atoms with Crippen LogP contribution < -0.4 is 10.2 Å². The Morgan fingerprint density at radius 2 is 2.04 bits per heavy atom. The summed E-state index contributed by atoms with van der Waals surface area (Å²) in [6.45, 7) is 2.70. The number of benzene rings is 1. The maximum Gasteiger partial charge on any atom is 0.354 e. The molecule has 1 aliphatic heterocycles. The van der Waals surface area contributed by atoms with E-state index >= 15 is 0 Å². The zero-order chi connectivity index (χ0) is 18.7. The zero-order valence-corrected chi connectivity index (χ0v) is 14.4. The number of aryl methyl sites for hydroxylation is 1. The van der Waals surface area contributed by atoms with E-state index in [1.807, 2.05) is 19.1 Å². The highest BCUT2D eigenvalue weighted by Gasteiger charge is 2.23. The van der Waals surface area contributed by atoms with Crippen molar-refractivity contribution in [3.63, 3.8) is 0 Å². The molecule has 0 spiro atoms. The van der Waals surface area contributed by atoms with Crippen molar-refractivity contribution in [2.24, 2.45) is 0 Å². The first kappa shape index (κ1) is 17.6. The standard InChI is InChI=1S/C19H19N3O4/c1-2-9-22-16-5-4-14(10-12(16)3-6-17(22)23)21-18(24)13-7-8-20-15(11-13)19(25)26/h4-5,7-8,10-11H,2-3,6,9H2,1H3,(H,21,24)(H,25,26). The number of carbonyl (C=O) groups excluding carboxylic acids is 2. The summed E-state index contributed by atoms with van der Waals surface area (Å²) in [5, 5.41) is 11.7. The molecule has 1 aromatic carbocycles. The number of anilines is 2. The van der Waals surface area contributed by atoms with Crippen LogP contribution in [0.2, 0.25) is 0 Å². The van der Waals surface area contributed by atoms with Crippen molar-refractivity contribution in [1.82, 2.24) is 4.98 Å². The largest absolute Gasteiger partial charge is 0.477 e. The average molecular weight is 353 g/mol. The monoisotopic (exact) mass is 353 g/mol. The highest BCUT2D eigenvalue weighted by atomic mass is 16.4. The molecule has 3 rings (SSSR count). The third-order valence-corrected chi connectivity index (χ3v) is 4.23. The van der Waals surface area contributed by atoms with E-state index < -0.39 is 11.9 Å². The van der Waals surface area contributed by atoms with E-state index in [-0.39, 0.29) is 17.2 Å². The first-order valence-electron chi connectivity index (χ1n) is 8.43. The molecule has 0 saturated carbocycles. The fourth-order valence-corrected chi connectivity index (χ4v) is 3.00. The van der Waals surface area contributed by atoms with Crippen LogP contribution in [-0.2, 0) is 11.2 Å². The summed E-state index contributed by atoms with van der Waals surface area (Å²) in [7, 11) is 0. The molecule has 0 aliphatic carbocycles. The van der Waals surface area contributed by atoms with Gasteiger partial charge in [-0.3, -0.25) is 9.59 Å². The van der Waals surface area contributed by atoms with E-state index in [9.17, 15) is 14.4 Å². The summed E-state index contributed by atoms with van der Waals surface area (Å²) in [6, 6.07) is 8.14. The van der Waals surface area contributed by atoms with Crippen LogP contribution in [0.4, 0.5) is 11.4 Å². The summed E-state index contributed by atoms with van der Waals surface area (Å²) >= 11 is 0. The quantitative estimate of drug-likeness (QED) is 0.861. The summed E-state index contributed by atoms with van der Waals surface area (Å²) in [4.78, 5) is 40.9. The Bertz CT molecular complexity index is 879. The van der Waals surface area contributed by atoms with Crippen LogP contribution >= 0.6 is 0 Å². The molecule has 2 amide bonds. The van der Waals surface area contributed by atoms with Gasteiger partial charge in [0.1, 0.15) is 5.69 Å². The van der Waals surface area contributed by atoms with E-state index in [0.717, 1.165) is 17.7 Å². The molecular formula is C19H19N3O4. The number of carbonyl (C=O) groups is 3. The lowest BCUT2D eigenvalue weighted by atomic mass is 10.00. The molecule has 134 valence electrons. The lowest BCUT2D eigenvalue weighted by molar-refractivity contribution is -0.118. The van der Waals surface area contributed by atoms with E-state index in [2.05, 4.69) is 10.3 Å². The Morgan fingerprint density at radius 3 is 2.77 bits per heavy atom. The number of pyridine rings is 1. The number of hydrogen-bond donors (Lipinski definition) is 2. The summed E-state index contributed by atoms with van der Waals surface area (Å²) in [5.41, 5.74) is 2.54. The van der Waals surface area contributed by atoms with Gasteiger partial charge in [0.2, 0.25) is 5.91 Å². The molecule has 0 bridgehead atoms. The van der Waals surface area contributed by atoms with Crippen molar-refractivity contribution in [1.29, 1.82) is 0 Å². The highest BCUT2D eigenvalue weighted by Crippen LogP contribution is 2.30. The Kier molecular flexibility index (Phi) is 4.97. The number of nitrogens with one attached hydrogen (secondary N) is 1. The molecule has 7 heteroatoms. The van der Waals surface area contributed by atoms with Gasteiger partial charge in [0.05, 0.1) is 0 Å². The second-order valence-electron chi connectivity index (χ2n) is 6.08. The molecule has 0 radical (unpaired) electrons. The smallest absolute Gasteiger partial charge is 0.354 e. The average Bonchev–Trinajstić information content (AvgIpc) is 2.64. The van der Waals surface area contributed by atoms with E-state index in [0.29, 0.717) is 25.1 Å². The van der Waals surface area contributed by atoms with Crippen molar-refractivity contribution < 1.29 is 19.5 Å². The van der Waals surface area contributed by atoms with Crippen molar-refractivity contribution >= 4 is 29.2 Å². The molecule has 1 aromatic heterocycles. The molecule has 1 aliphatic rings. The molecule has 26 heavy (non-hydrogen) atoms. The van der Waals surface area contributed by atoms with Gasteiger partial charge < -0.3 is 15.3 Å². The number of aromatic carboxylic acids is 1. The summed E-state index contributed by atoms with van der Waals surface area (Å²) < 4.78 is 0. The third kappa shape index (κ3) is 3.56. The van der Waals surface area contributed by atoms with Gasteiger partial charge in [-0.2, -0.15) is 0 Å². The Morgan fingerprint density at radius 1 is 1.23 bits per heavy atom. The van der Waals surface area contributed by atoms with Gasteiger partial charge in [0.25, 0.3) is 5.91 Å². The highest BCUT2D eigenvalue weighted by molar-refractivity contribution is 6.05. The van der Waals surface area contributed by atoms with Crippen molar-refractivity contribution in [2.45, 2.75) is 26.2 Å². The number of fused-ring (bicyclic) bond motifs is 1. The number of hydrogen-bond acceptors (Lipinski definition) is 4. The SMILES string of the molecule is CCCN1C(=O)CCc2cc(NC(=O)c3ccnc(C(=O)O)c3)ccc21. The fraction of sp³-hybridized carbons (Fsp3) is 0.263. The molecule has 0 atom stereocenters. The van der Waals surface area contributed by atoms with Gasteiger partial charge in [0, 0.05) is 36.1 Å². The maximum atomic E-state index is 12.4. The van der Waals surface area contributed by atoms with Crippen LogP contribution in [0, 0.1) is 0 Å². The number of aromatic nitrogens is 1. The molecule has 0 fully saturated rings. The van der Waals surface area contributed by atoms with E-state index in [4.69, 9.17) is 5.11 Å².